The van der Waals surface area contributed by atoms with E-state index in [9.17, 15) is 0 Å². The van der Waals surface area contributed by atoms with Crippen molar-refractivity contribution in [2.45, 2.75) is 6.42 Å². The first-order valence-electron chi connectivity index (χ1n) is 12.4. The number of pyridine rings is 1. The highest BCUT2D eigenvalue weighted by molar-refractivity contribution is 5.87. The molecule has 0 saturated carbocycles. The molecule has 0 aliphatic carbocycles. The van der Waals surface area contributed by atoms with Crippen LogP contribution in [0.15, 0.2) is 85.2 Å². The first kappa shape index (κ1) is 22.9. The van der Waals surface area contributed by atoms with Gasteiger partial charge in [0.2, 0.25) is 5.95 Å². The highest BCUT2D eigenvalue weighted by Crippen LogP contribution is 2.33. The van der Waals surface area contributed by atoms with Crippen molar-refractivity contribution in [2.24, 2.45) is 0 Å². The summed E-state index contributed by atoms with van der Waals surface area (Å²) in [7, 11) is 4.09. The van der Waals surface area contributed by atoms with E-state index in [1.807, 2.05) is 50.6 Å². The van der Waals surface area contributed by atoms with Gasteiger partial charge in [0.05, 0.1) is 28.1 Å². The van der Waals surface area contributed by atoms with E-state index in [1.165, 1.54) is 5.56 Å². The van der Waals surface area contributed by atoms with Gasteiger partial charge in [0.1, 0.15) is 11.5 Å². The molecular weight excluding hydrogens is 460 g/mol. The molecule has 0 amide bonds. The molecule has 8 heteroatoms. The zero-order valence-corrected chi connectivity index (χ0v) is 20.9. The second-order valence-corrected chi connectivity index (χ2v) is 9.31. The number of nitrogens with zero attached hydrogens (tertiary/aromatic N) is 6. The van der Waals surface area contributed by atoms with Crippen LogP contribution >= 0.6 is 0 Å². The first-order valence-corrected chi connectivity index (χ1v) is 12.4. The Morgan fingerprint density at radius 2 is 1.78 bits per heavy atom. The summed E-state index contributed by atoms with van der Waals surface area (Å²) in [5.74, 6) is 1.54. The number of hydrogen-bond acceptors (Lipinski definition) is 6. The summed E-state index contributed by atoms with van der Waals surface area (Å²) in [4.78, 5) is 24.7. The monoisotopic (exact) mass is 488 g/mol. The number of likely N-dealkylation sites (N-methyl/N-ethyl adjacent to an activating group) is 1. The Labute approximate surface area is 215 Å². The van der Waals surface area contributed by atoms with Crippen LogP contribution in [0.2, 0.25) is 0 Å². The minimum Gasteiger partial charge on any atom is -0.353 e. The first-order chi connectivity index (χ1) is 18.1. The standard InChI is InChI=1S/C29H28N8/c1-36(2)17-15-31-29-30-14-13-23(34-29)28-27(35-26-10-6-7-16-37(26)28)21-11-12-22-24(19-21)33-25(32-22)18-20-8-4-3-5-9-20/h3-14,16,19H,15,17-18H2,1-2H3,(H,32,33)(H,30,31,34). The quantitative estimate of drug-likeness (QED) is 0.317. The molecule has 0 saturated heterocycles. The lowest BCUT2D eigenvalue weighted by molar-refractivity contribution is 0.425. The van der Waals surface area contributed by atoms with Crippen molar-refractivity contribution in [1.82, 2.24) is 34.2 Å². The summed E-state index contributed by atoms with van der Waals surface area (Å²) < 4.78 is 2.08. The number of hydrogen-bond donors (Lipinski definition) is 2. The van der Waals surface area contributed by atoms with Gasteiger partial charge in [-0.1, -0.05) is 42.5 Å². The minimum absolute atomic E-state index is 0.603. The lowest BCUT2D eigenvalue weighted by atomic mass is 10.1. The molecular formula is C29H28N8. The largest absolute Gasteiger partial charge is 0.353 e. The van der Waals surface area contributed by atoms with Crippen molar-refractivity contribution in [2.75, 3.05) is 32.5 Å². The molecule has 0 unspecified atom stereocenters. The predicted molar refractivity (Wildman–Crippen MR) is 148 cm³/mol. The molecule has 37 heavy (non-hydrogen) atoms. The van der Waals surface area contributed by atoms with Gasteiger partial charge in [-0.05, 0) is 50.0 Å². The number of aromatic amines is 1. The molecule has 0 radical (unpaired) electrons. The Kier molecular flexibility index (Phi) is 6.08. The maximum Gasteiger partial charge on any atom is 0.223 e. The molecule has 0 spiro atoms. The molecule has 2 aromatic carbocycles. The zero-order valence-electron chi connectivity index (χ0n) is 20.9. The Balaban J connectivity index is 1.39. The third-order valence-electron chi connectivity index (χ3n) is 6.29. The second-order valence-electron chi connectivity index (χ2n) is 9.31. The fourth-order valence-electron chi connectivity index (χ4n) is 4.49. The second kappa shape index (κ2) is 9.83. The number of imidazole rings is 2. The van der Waals surface area contributed by atoms with Crippen LogP contribution in [-0.4, -0.2) is 61.4 Å². The van der Waals surface area contributed by atoms with Crippen molar-refractivity contribution in [3.05, 3.63) is 96.6 Å². The van der Waals surface area contributed by atoms with Crippen LogP contribution in [0.25, 0.3) is 39.3 Å². The van der Waals surface area contributed by atoms with Gasteiger partial charge in [-0.3, -0.25) is 4.40 Å². The molecule has 4 heterocycles. The number of aromatic nitrogens is 6. The van der Waals surface area contributed by atoms with Gasteiger partial charge in [-0.15, -0.1) is 0 Å². The Morgan fingerprint density at radius 1 is 0.919 bits per heavy atom. The van der Waals surface area contributed by atoms with Gasteiger partial charge in [0, 0.05) is 37.5 Å². The van der Waals surface area contributed by atoms with Gasteiger partial charge in [0.25, 0.3) is 0 Å². The Morgan fingerprint density at radius 3 is 2.65 bits per heavy atom. The fraction of sp³-hybridized carbons (Fsp3) is 0.172. The number of benzene rings is 2. The molecule has 6 rings (SSSR count). The molecule has 0 aliphatic heterocycles. The number of anilines is 1. The van der Waals surface area contributed by atoms with Crippen molar-refractivity contribution in [1.29, 1.82) is 0 Å². The molecule has 184 valence electrons. The van der Waals surface area contributed by atoms with Gasteiger partial charge in [0.15, 0.2) is 0 Å². The SMILES string of the molecule is CN(C)CCNc1nccc(-c2c(-c3ccc4nc(Cc5ccccc5)[nH]c4c3)nc3ccccn23)n1. The average Bonchev–Trinajstić information content (AvgIpc) is 3.49. The van der Waals surface area contributed by atoms with E-state index >= 15 is 0 Å². The zero-order chi connectivity index (χ0) is 25.2. The smallest absolute Gasteiger partial charge is 0.223 e. The molecule has 0 aliphatic rings. The van der Waals surface area contributed by atoms with E-state index in [0.717, 1.165) is 64.7 Å². The van der Waals surface area contributed by atoms with Crippen LogP contribution in [0.1, 0.15) is 11.4 Å². The maximum atomic E-state index is 5.00. The lowest BCUT2D eigenvalue weighted by Crippen LogP contribution is -2.21. The van der Waals surface area contributed by atoms with Gasteiger partial charge >= 0.3 is 0 Å². The normalized spacial score (nSPS) is 11.5. The summed E-state index contributed by atoms with van der Waals surface area (Å²) >= 11 is 0. The average molecular weight is 489 g/mol. The van der Waals surface area contributed by atoms with Crippen LogP contribution in [0, 0.1) is 0 Å². The Hall–Kier alpha value is -4.56. The molecule has 6 aromatic rings. The lowest BCUT2D eigenvalue weighted by Gasteiger charge is -2.11. The van der Waals surface area contributed by atoms with Crippen molar-refractivity contribution in [3.8, 4) is 22.6 Å². The molecule has 4 aromatic heterocycles. The number of fused-ring (bicyclic) bond motifs is 2. The summed E-state index contributed by atoms with van der Waals surface area (Å²) in [6.45, 7) is 1.66. The summed E-state index contributed by atoms with van der Waals surface area (Å²) in [5.41, 5.74) is 7.62. The third-order valence-corrected chi connectivity index (χ3v) is 6.29. The number of H-pyrrole nitrogens is 1. The van der Waals surface area contributed by atoms with Crippen molar-refractivity contribution >= 4 is 22.6 Å². The highest BCUT2D eigenvalue weighted by atomic mass is 15.1. The molecule has 0 atom stereocenters. The predicted octanol–water partition coefficient (Wildman–Crippen LogP) is 4.90. The highest BCUT2D eigenvalue weighted by Gasteiger charge is 2.18. The van der Waals surface area contributed by atoms with Crippen LogP contribution in [-0.2, 0) is 6.42 Å². The topological polar surface area (TPSA) is 87.0 Å². The Bertz CT molecular complexity index is 1670. The van der Waals surface area contributed by atoms with E-state index < -0.39 is 0 Å². The van der Waals surface area contributed by atoms with E-state index in [4.69, 9.17) is 15.0 Å². The summed E-state index contributed by atoms with van der Waals surface area (Å²) in [6.07, 6.45) is 4.57. The van der Waals surface area contributed by atoms with Gasteiger partial charge in [-0.25, -0.2) is 19.9 Å². The van der Waals surface area contributed by atoms with Crippen LogP contribution in [0.3, 0.4) is 0 Å². The van der Waals surface area contributed by atoms with E-state index in [-0.39, 0.29) is 0 Å². The number of nitrogens with one attached hydrogen (secondary N) is 2. The molecule has 8 nitrogen and oxygen atoms in total. The van der Waals surface area contributed by atoms with Gasteiger partial charge < -0.3 is 15.2 Å². The minimum atomic E-state index is 0.603. The van der Waals surface area contributed by atoms with Gasteiger partial charge in [-0.2, -0.15) is 0 Å². The van der Waals surface area contributed by atoms with Crippen LogP contribution < -0.4 is 5.32 Å². The fourth-order valence-corrected chi connectivity index (χ4v) is 4.49. The van der Waals surface area contributed by atoms with Crippen LogP contribution in [0.4, 0.5) is 5.95 Å². The molecule has 0 fully saturated rings. The van der Waals surface area contributed by atoms with E-state index in [1.54, 1.807) is 6.20 Å². The van der Waals surface area contributed by atoms with E-state index in [2.05, 4.69) is 67.0 Å². The van der Waals surface area contributed by atoms with Crippen LogP contribution in [0.5, 0.6) is 0 Å². The third kappa shape index (κ3) is 4.79. The summed E-state index contributed by atoms with van der Waals surface area (Å²) in [6, 6.07) is 24.6. The molecule has 0 bridgehead atoms. The number of rotatable bonds is 8. The molecule has 2 N–H and O–H groups in total. The summed E-state index contributed by atoms with van der Waals surface area (Å²) in [5, 5.41) is 3.33. The van der Waals surface area contributed by atoms with Crippen molar-refractivity contribution in [3.63, 3.8) is 0 Å². The van der Waals surface area contributed by atoms with E-state index in [0.29, 0.717) is 5.95 Å². The maximum absolute atomic E-state index is 5.00. The van der Waals surface area contributed by atoms with Crippen molar-refractivity contribution < 1.29 is 0 Å².